The minimum Gasteiger partial charge on any atom is -0.343 e. The Kier molecular flexibility index (Phi) is 5.30. The summed E-state index contributed by atoms with van der Waals surface area (Å²) in [4.78, 5) is 15.8. The summed E-state index contributed by atoms with van der Waals surface area (Å²) in [7, 11) is 3.97. The van der Waals surface area contributed by atoms with Crippen LogP contribution in [0.4, 0.5) is 0 Å². The van der Waals surface area contributed by atoms with E-state index in [1.165, 1.54) is 12.8 Å². The number of nitrogens with one attached hydrogen (secondary N) is 1. The van der Waals surface area contributed by atoms with Crippen molar-refractivity contribution in [2.75, 3.05) is 40.3 Å². The Morgan fingerprint density at radius 2 is 2.44 bits per heavy atom. The molecule has 1 unspecified atom stereocenters. The molecule has 0 saturated carbocycles. The van der Waals surface area contributed by atoms with Crippen LogP contribution in [-0.2, 0) is 4.79 Å². The molecule has 1 amide bonds. The number of likely N-dealkylation sites (N-methyl/N-ethyl adjacent to an activating group) is 2. The van der Waals surface area contributed by atoms with Crippen LogP contribution >= 0.6 is 0 Å². The van der Waals surface area contributed by atoms with Gasteiger partial charge >= 0.3 is 0 Å². The summed E-state index contributed by atoms with van der Waals surface area (Å²) in [6.45, 7) is 2.73. The minimum absolute atomic E-state index is 0.107. The lowest BCUT2D eigenvalue weighted by Crippen LogP contribution is -2.42. The maximum atomic E-state index is 11.7. The molecule has 0 aliphatic carbocycles. The maximum Gasteiger partial charge on any atom is 0.236 e. The fourth-order valence-corrected chi connectivity index (χ4v) is 2.00. The first-order chi connectivity index (χ1) is 7.65. The van der Waals surface area contributed by atoms with Gasteiger partial charge in [-0.15, -0.1) is 6.42 Å². The van der Waals surface area contributed by atoms with Crippen molar-refractivity contribution in [3.8, 4) is 12.3 Å². The van der Waals surface area contributed by atoms with E-state index in [0.29, 0.717) is 19.1 Å². The largest absolute Gasteiger partial charge is 0.343 e. The quantitative estimate of drug-likeness (QED) is 0.516. The number of carbonyl (C=O) groups is 1. The second-order valence-corrected chi connectivity index (χ2v) is 4.36. The Balaban J connectivity index is 2.25. The predicted octanol–water partition coefficient (Wildman–Crippen LogP) is -0.238. The fraction of sp³-hybridized carbons (Fsp3) is 0.750. The van der Waals surface area contributed by atoms with Crippen molar-refractivity contribution in [1.29, 1.82) is 0 Å². The molecule has 1 aliphatic rings. The van der Waals surface area contributed by atoms with E-state index in [2.05, 4.69) is 23.2 Å². The zero-order valence-corrected chi connectivity index (χ0v) is 10.2. The zero-order chi connectivity index (χ0) is 12.0. The lowest BCUT2D eigenvalue weighted by atomic mass is 10.2. The molecule has 1 saturated heterocycles. The van der Waals surface area contributed by atoms with Crippen LogP contribution in [0.15, 0.2) is 0 Å². The summed E-state index contributed by atoms with van der Waals surface area (Å²) in [6, 6.07) is 0.515. The zero-order valence-electron chi connectivity index (χ0n) is 10.2. The van der Waals surface area contributed by atoms with Crippen LogP contribution in [0.2, 0.25) is 0 Å². The number of amides is 1. The van der Waals surface area contributed by atoms with Gasteiger partial charge in [-0.2, -0.15) is 0 Å². The molecule has 0 aromatic heterocycles. The van der Waals surface area contributed by atoms with Gasteiger partial charge in [0.15, 0.2) is 0 Å². The number of terminal acetylenes is 1. The number of hydrogen-bond donors (Lipinski definition) is 1. The minimum atomic E-state index is 0.107. The predicted molar refractivity (Wildman–Crippen MR) is 65.0 cm³/mol. The van der Waals surface area contributed by atoms with Gasteiger partial charge in [0, 0.05) is 19.6 Å². The molecule has 0 aromatic carbocycles. The van der Waals surface area contributed by atoms with E-state index >= 15 is 0 Å². The molecule has 1 aliphatic heterocycles. The Bertz CT molecular complexity index is 272. The molecule has 16 heavy (non-hydrogen) atoms. The number of nitrogens with zero attached hydrogens (tertiary/aromatic N) is 2. The van der Waals surface area contributed by atoms with Gasteiger partial charge in [0.1, 0.15) is 0 Å². The van der Waals surface area contributed by atoms with Crippen molar-refractivity contribution < 1.29 is 4.79 Å². The molecule has 1 N–H and O–H groups in total. The van der Waals surface area contributed by atoms with Gasteiger partial charge in [-0.3, -0.25) is 10.1 Å². The Hall–Kier alpha value is -1.05. The Morgan fingerprint density at radius 1 is 1.69 bits per heavy atom. The normalized spacial score (nSPS) is 20.7. The molecule has 4 heteroatoms. The van der Waals surface area contributed by atoms with E-state index in [0.717, 1.165) is 13.1 Å². The van der Waals surface area contributed by atoms with Crippen molar-refractivity contribution in [3.05, 3.63) is 0 Å². The van der Waals surface area contributed by atoms with Crippen LogP contribution in [0.1, 0.15) is 12.8 Å². The first-order valence-corrected chi connectivity index (χ1v) is 5.73. The molecule has 1 atom stereocenters. The molecule has 4 nitrogen and oxygen atoms in total. The van der Waals surface area contributed by atoms with Crippen LogP contribution in [0.3, 0.4) is 0 Å². The van der Waals surface area contributed by atoms with Crippen LogP contribution in [0.25, 0.3) is 0 Å². The Morgan fingerprint density at radius 3 is 3.00 bits per heavy atom. The molecule has 0 aromatic rings. The van der Waals surface area contributed by atoms with Crippen molar-refractivity contribution in [1.82, 2.24) is 15.1 Å². The molecule has 1 rings (SSSR count). The molecular weight excluding hydrogens is 202 g/mol. The van der Waals surface area contributed by atoms with Gasteiger partial charge in [-0.25, -0.2) is 0 Å². The maximum absolute atomic E-state index is 11.7. The van der Waals surface area contributed by atoms with Crippen LogP contribution in [0.5, 0.6) is 0 Å². The highest BCUT2D eigenvalue weighted by atomic mass is 16.2. The smallest absolute Gasteiger partial charge is 0.236 e. The third kappa shape index (κ3) is 3.84. The molecule has 90 valence electrons. The lowest BCUT2D eigenvalue weighted by Gasteiger charge is -2.25. The Labute approximate surface area is 98.0 Å². The molecule has 0 spiro atoms. The van der Waals surface area contributed by atoms with E-state index in [9.17, 15) is 4.79 Å². The van der Waals surface area contributed by atoms with Gasteiger partial charge < -0.3 is 9.80 Å². The summed E-state index contributed by atoms with van der Waals surface area (Å²) in [6.07, 6.45) is 7.52. The SMILES string of the molecule is C#CCNCC(=O)N(C)CC1CCCN1C. The summed E-state index contributed by atoms with van der Waals surface area (Å²) in [5.74, 6) is 2.56. The second kappa shape index (κ2) is 6.51. The molecule has 0 bridgehead atoms. The van der Waals surface area contributed by atoms with Crippen molar-refractivity contribution >= 4 is 5.91 Å². The van der Waals surface area contributed by atoms with Crippen LogP contribution in [0, 0.1) is 12.3 Å². The van der Waals surface area contributed by atoms with Gasteiger partial charge in [-0.05, 0) is 26.4 Å². The van der Waals surface area contributed by atoms with E-state index in [4.69, 9.17) is 6.42 Å². The van der Waals surface area contributed by atoms with Crippen molar-refractivity contribution in [3.63, 3.8) is 0 Å². The summed E-state index contributed by atoms with van der Waals surface area (Å²) in [5, 5.41) is 2.91. The lowest BCUT2D eigenvalue weighted by molar-refractivity contribution is -0.129. The summed E-state index contributed by atoms with van der Waals surface area (Å²) >= 11 is 0. The number of likely N-dealkylation sites (tertiary alicyclic amines) is 1. The van der Waals surface area contributed by atoms with Gasteiger partial charge in [0.2, 0.25) is 5.91 Å². The third-order valence-electron chi connectivity index (χ3n) is 3.09. The first-order valence-electron chi connectivity index (χ1n) is 5.73. The summed E-state index contributed by atoms with van der Waals surface area (Å²) in [5.41, 5.74) is 0. The van der Waals surface area contributed by atoms with Gasteiger partial charge in [-0.1, -0.05) is 5.92 Å². The third-order valence-corrected chi connectivity index (χ3v) is 3.09. The van der Waals surface area contributed by atoms with E-state index in [1.54, 1.807) is 4.90 Å². The van der Waals surface area contributed by atoms with Gasteiger partial charge in [0.05, 0.1) is 13.1 Å². The van der Waals surface area contributed by atoms with E-state index < -0.39 is 0 Å². The number of hydrogen-bond acceptors (Lipinski definition) is 3. The number of rotatable bonds is 5. The standard InChI is InChI=1S/C12H21N3O/c1-4-7-13-9-12(16)15(3)10-11-6-5-8-14(11)2/h1,11,13H,5-10H2,2-3H3. The van der Waals surface area contributed by atoms with Crippen LogP contribution < -0.4 is 5.32 Å². The average Bonchev–Trinajstić information content (AvgIpc) is 2.64. The second-order valence-electron chi connectivity index (χ2n) is 4.36. The first kappa shape index (κ1) is 13.0. The molecule has 1 heterocycles. The van der Waals surface area contributed by atoms with E-state index in [-0.39, 0.29) is 5.91 Å². The highest BCUT2D eigenvalue weighted by Gasteiger charge is 2.23. The fourth-order valence-electron chi connectivity index (χ4n) is 2.00. The summed E-state index contributed by atoms with van der Waals surface area (Å²) < 4.78 is 0. The van der Waals surface area contributed by atoms with Crippen molar-refractivity contribution in [2.24, 2.45) is 0 Å². The monoisotopic (exact) mass is 223 g/mol. The molecular formula is C12H21N3O. The highest BCUT2D eigenvalue weighted by Crippen LogP contribution is 2.15. The molecule has 0 radical (unpaired) electrons. The average molecular weight is 223 g/mol. The van der Waals surface area contributed by atoms with E-state index in [1.807, 2.05) is 7.05 Å². The van der Waals surface area contributed by atoms with Crippen molar-refractivity contribution in [2.45, 2.75) is 18.9 Å². The molecule has 1 fully saturated rings. The topological polar surface area (TPSA) is 35.6 Å². The van der Waals surface area contributed by atoms with Crippen LogP contribution in [-0.4, -0.2) is 62.0 Å². The highest BCUT2D eigenvalue weighted by molar-refractivity contribution is 5.78. The van der Waals surface area contributed by atoms with Gasteiger partial charge in [0.25, 0.3) is 0 Å². The number of carbonyl (C=O) groups excluding carboxylic acids is 1.